The monoisotopic (exact) mass is 166 g/mol. The van der Waals surface area contributed by atoms with E-state index in [1.165, 1.54) is 13.5 Å². The Morgan fingerprint density at radius 3 is 2.92 bits per heavy atom. The van der Waals surface area contributed by atoms with E-state index >= 15 is 0 Å². The van der Waals surface area contributed by atoms with E-state index in [1.807, 2.05) is 0 Å². The summed E-state index contributed by atoms with van der Waals surface area (Å²) in [4.78, 5) is 11.3. The van der Waals surface area contributed by atoms with E-state index in [4.69, 9.17) is 4.74 Å². The number of rotatable bonds is 1. The number of carbonyl (C=O) groups is 1. The Morgan fingerprint density at radius 2 is 2.50 bits per heavy atom. The van der Waals surface area contributed by atoms with E-state index in [0.717, 1.165) is 18.4 Å². The highest BCUT2D eigenvalue weighted by Crippen LogP contribution is 2.53. The Hall–Kier alpha value is -0.790. The summed E-state index contributed by atoms with van der Waals surface area (Å²) in [6.45, 7) is 2.17. The summed E-state index contributed by atoms with van der Waals surface area (Å²) >= 11 is 0. The molecule has 2 rings (SSSR count). The first-order chi connectivity index (χ1) is 5.65. The lowest BCUT2D eigenvalue weighted by atomic mass is 9.82. The smallest absolute Gasteiger partial charge is 0.333 e. The van der Waals surface area contributed by atoms with E-state index in [2.05, 4.69) is 13.0 Å². The van der Waals surface area contributed by atoms with Crippen LogP contribution in [0, 0.1) is 11.3 Å². The van der Waals surface area contributed by atoms with Gasteiger partial charge < -0.3 is 4.74 Å². The molecule has 12 heavy (non-hydrogen) atoms. The molecule has 2 nitrogen and oxygen atoms in total. The summed E-state index contributed by atoms with van der Waals surface area (Å²) in [5.74, 6) is 0.517. The van der Waals surface area contributed by atoms with E-state index in [-0.39, 0.29) is 11.4 Å². The van der Waals surface area contributed by atoms with E-state index in [1.54, 1.807) is 0 Å². The Kier molecular flexibility index (Phi) is 1.53. The highest BCUT2D eigenvalue weighted by Gasteiger charge is 2.45. The summed E-state index contributed by atoms with van der Waals surface area (Å²) in [5.41, 5.74) is 1.05. The van der Waals surface area contributed by atoms with E-state index < -0.39 is 0 Å². The van der Waals surface area contributed by atoms with Crippen LogP contribution in [-0.2, 0) is 9.53 Å². The van der Waals surface area contributed by atoms with Gasteiger partial charge in [0.25, 0.3) is 0 Å². The largest absolute Gasteiger partial charge is 0.466 e. The van der Waals surface area contributed by atoms with Gasteiger partial charge in [-0.05, 0) is 30.6 Å². The quantitative estimate of drug-likeness (QED) is 0.556. The zero-order valence-electron chi connectivity index (χ0n) is 7.59. The first kappa shape index (κ1) is 7.84. The second-order valence-electron chi connectivity index (χ2n) is 4.14. The molecule has 1 fully saturated rings. The van der Waals surface area contributed by atoms with Crippen molar-refractivity contribution >= 4 is 5.97 Å². The van der Waals surface area contributed by atoms with E-state index in [9.17, 15) is 4.79 Å². The van der Waals surface area contributed by atoms with Gasteiger partial charge in [0.05, 0.1) is 7.11 Å². The van der Waals surface area contributed by atoms with Gasteiger partial charge in [0, 0.05) is 5.57 Å². The van der Waals surface area contributed by atoms with E-state index in [0.29, 0.717) is 5.92 Å². The molecule has 0 radical (unpaired) electrons. The molecule has 0 unspecified atom stereocenters. The predicted molar refractivity (Wildman–Crippen MR) is 45.5 cm³/mol. The third-order valence-electron chi connectivity index (χ3n) is 3.24. The van der Waals surface area contributed by atoms with Crippen molar-refractivity contribution in [1.82, 2.24) is 0 Å². The van der Waals surface area contributed by atoms with Crippen molar-refractivity contribution < 1.29 is 9.53 Å². The topological polar surface area (TPSA) is 26.3 Å². The summed E-state index contributed by atoms with van der Waals surface area (Å²) < 4.78 is 4.74. The lowest BCUT2D eigenvalue weighted by Gasteiger charge is -2.22. The van der Waals surface area contributed by atoms with Gasteiger partial charge in [0.1, 0.15) is 0 Å². The van der Waals surface area contributed by atoms with Crippen LogP contribution in [0.5, 0.6) is 0 Å². The number of carbonyl (C=O) groups excluding carboxylic acids is 1. The molecule has 1 saturated carbocycles. The zero-order valence-corrected chi connectivity index (χ0v) is 7.59. The van der Waals surface area contributed by atoms with Gasteiger partial charge in [-0.3, -0.25) is 0 Å². The van der Waals surface area contributed by atoms with Crippen molar-refractivity contribution in [3.05, 3.63) is 11.6 Å². The Bertz CT molecular complexity index is 255. The predicted octanol–water partition coefficient (Wildman–Crippen LogP) is 1.91. The van der Waals surface area contributed by atoms with Crippen molar-refractivity contribution in [2.24, 2.45) is 11.3 Å². The standard InChI is InChI=1S/C10H14O2/c1-10-4-3-7(6-10)5-8(10)9(11)12-2/h5,7H,3-4,6H2,1-2H3/t7-,10-/m1/s1. The van der Waals surface area contributed by atoms with Crippen LogP contribution in [0.1, 0.15) is 26.2 Å². The van der Waals surface area contributed by atoms with Gasteiger partial charge >= 0.3 is 5.97 Å². The van der Waals surface area contributed by atoms with Crippen LogP contribution in [0.25, 0.3) is 0 Å². The molecule has 2 heteroatoms. The second-order valence-corrected chi connectivity index (χ2v) is 4.14. The fourth-order valence-electron chi connectivity index (χ4n) is 2.53. The molecule has 0 amide bonds. The minimum atomic E-state index is -0.125. The second kappa shape index (κ2) is 2.35. The third kappa shape index (κ3) is 0.904. The van der Waals surface area contributed by atoms with Crippen molar-refractivity contribution in [2.75, 3.05) is 7.11 Å². The average molecular weight is 166 g/mol. The molecule has 2 atom stereocenters. The van der Waals surface area contributed by atoms with Gasteiger partial charge in [-0.25, -0.2) is 4.79 Å². The third-order valence-corrected chi connectivity index (χ3v) is 3.24. The van der Waals surface area contributed by atoms with Crippen LogP contribution in [0.4, 0.5) is 0 Å². The first-order valence-electron chi connectivity index (χ1n) is 4.46. The number of allylic oxidation sites excluding steroid dienone is 1. The minimum absolute atomic E-state index is 0.125. The SMILES string of the molecule is COC(=O)C1=C[C@H]2CC[C@]1(C)C2. The fraction of sp³-hybridized carbons (Fsp3) is 0.700. The molecule has 2 bridgehead atoms. The number of hydrogen-bond donors (Lipinski definition) is 0. The molecular formula is C10H14O2. The molecule has 0 aromatic heterocycles. The van der Waals surface area contributed by atoms with Crippen LogP contribution in [-0.4, -0.2) is 13.1 Å². The molecule has 0 spiro atoms. The molecule has 0 aromatic carbocycles. The normalized spacial score (nSPS) is 38.2. The van der Waals surface area contributed by atoms with Crippen molar-refractivity contribution in [3.63, 3.8) is 0 Å². The van der Waals surface area contributed by atoms with Crippen LogP contribution < -0.4 is 0 Å². The molecule has 0 heterocycles. The molecule has 0 aliphatic heterocycles. The van der Waals surface area contributed by atoms with Crippen molar-refractivity contribution in [2.45, 2.75) is 26.2 Å². The number of esters is 1. The summed E-state index contributed by atoms with van der Waals surface area (Å²) in [7, 11) is 1.46. The molecular weight excluding hydrogens is 152 g/mol. The molecule has 66 valence electrons. The molecule has 2 aliphatic rings. The highest BCUT2D eigenvalue weighted by molar-refractivity contribution is 5.90. The number of hydrogen-bond acceptors (Lipinski definition) is 2. The Labute approximate surface area is 72.6 Å². The van der Waals surface area contributed by atoms with Crippen LogP contribution in [0.2, 0.25) is 0 Å². The lowest BCUT2D eigenvalue weighted by Crippen LogP contribution is -2.20. The number of ether oxygens (including phenoxy) is 1. The number of fused-ring (bicyclic) bond motifs is 2. The van der Waals surface area contributed by atoms with Crippen LogP contribution in [0.3, 0.4) is 0 Å². The van der Waals surface area contributed by atoms with Crippen molar-refractivity contribution in [1.29, 1.82) is 0 Å². The van der Waals surface area contributed by atoms with Gasteiger partial charge in [-0.1, -0.05) is 13.0 Å². The maximum absolute atomic E-state index is 11.3. The molecule has 0 aromatic rings. The Morgan fingerprint density at radius 1 is 1.75 bits per heavy atom. The Balaban J connectivity index is 2.28. The van der Waals surface area contributed by atoms with Gasteiger partial charge in [0.2, 0.25) is 0 Å². The number of methoxy groups -OCH3 is 1. The molecule has 2 aliphatic carbocycles. The van der Waals surface area contributed by atoms with Gasteiger partial charge in [-0.2, -0.15) is 0 Å². The molecule has 0 N–H and O–H groups in total. The first-order valence-corrected chi connectivity index (χ1v) is 4.46. The maximum Gasteiger partial charge on any atom is 0.333 e. The summed E-state index contributed by atoms with van der Waals surface area (Å²) in [6, 6.07) is 0. The maximum atomic E-state index is 11.3. The van der Waals surface area contributed by atoms with Gasteiger partial charge in [0.15, 0.2) is 0 Å². The molecule has 0 saturated heterocycles. The fourth-order valence-corrected chi connectivity index (χ4v) is 2.53. The summed E-state index contributed by atoms with van der Waals surface area (Å²) in [6.07, 6.45) is 5.66. The highest BCUT2D eigenvalue weighted by atomic mass is 16.5. The van der Waals surface area contributed by atoms with Crippen LogP contribution in [0.15, 0.2) is 11.6 Å². The zero-order chi connectivity index (χ0) is 8.77. The van der Waals surface area contributed by atoms with Crippen molar-refractivity contribution in [3.8, 4) is 0 Å². The average Bonchev–Trinajstić information content (AvgIpc) is 2.57. The summed E-state index contributed by atoms with van der Waals surface area (Å²) in [5, 5.41) is 0. The van der Waals surface area contributed by atoms with Gasteiger partial charge in [-0.15, -0.1) is 0 Å². The minimum Gasteiger partial charge on any atom is -0.466 e. The van der Waals surface area contributed by atoms with Crippen LogP contribution >= 0.6 is 0 Å². The lowest BCUT2D eigenvalue weighted by molar-refractivity contribution is -0.137.